The van der Waals surface area contributed by atoms with Crippen LogP contribution in [-0.2, 0) is 9.59 Å². The van der Waals surface area contributed by atoms with Gasteiger partial charge in [-0.3, -0.25) is 9.59 Å². The molecule has 2 heterocycles. The topological polar surface area (TPSA) is 84.1 Å². The normalized spacial score (nSPS) is 15.5. The smallest absolute Gasteiger partial charge is 0.281 e. The van der Waals surface area contributed by atoms with Gasteiger partial charge in [0.25, 0.3) is 5.91 Å². The van der Waals surface area contributed by atoms with Gasteiger partial charge in [0, 0.05) is 30.1 Å². The summed E-state index contributed by atoms with van der Waals surface area (Å²) in [7, 11) is 0. The lowest BCUT2D eigenvalue weighted by atomic mass is 10.0. The Labute approximate surface area is 184 Å². The van der Waals surface area contributed by atoms with Gasteiger partial charge in [0.05, 0.1) is 12.0 Å². The first-order valence-corrected chi connectivity index (χ1v) is 10.1. The van der Waals surface area contributed by atoms with Gasteiger partial charge in [0.15, 0.2) is 6.61 Å². The number of nitrogens with zero attached hydrogens (tertiary/aromatic N) is 2. The molecular formula is C23H20ClN3O4. The molecular weight excluding hydrogens is 418 g/mol. The minimum Gasteiger partial charge on any atom is -0.484 e. The molecule has 1 N–H and O–H groups in total. The van der Waals surface area contributed by atoms with Crippen LogP contribution in [0, 0.1) is 0 Å². The van der Waals surface area contributed by atoms with Crippen LogP contribution < -0.4 is 10.1 Å². The highest BCUT2D eigenvalue weighted by Crippen LogP contribution is 2.33. The van der Waals surface area contributed by atoms with Gasteiger partial charge in [-0.2, -0.15) is 5.10 Å². The monoisotopic (exact) mass is 437 g/mol. The number of carbonyl (C=O) groups excluding carboxylic acids is 2. The highest BCUT2D eigenvalue weighted by Gasteiger charge is 2.35. The maximum atomic E-state index is 13.0. The first-order valence-electron chi connectivity index (χ1n) is 9.69. The number of anilines is 1. The van der Waals surface area contributed by atoms with Crippen LogP contribution in [-0.4, -0.2) is 29.1 Å². The molecule has 1 atom stereocenters. The number of nitrogens with one attached hydrogen (secondary N) is 1. The Morgan fingerprint density at radius 1 is 1.19 bits per heavy atom. The molecule has 1 aromatic heterocycles. The Hall–Kier alpha value is -3.58. The average Bonchev–Trinajstić information content (AvgIpc) is 3.42. The molecule has 1 aliphatic rings. The van der Waals surface area contributed by atoms with Crippen LogP contribution in [0.2, 0.25) is 5.02 Å². The molecule has 0 saturated carbocycles. The summed E-state index contributed by atoms with van der Waals surface area (Å²) in [4.78, 5) is 24.2. The Morgan fingerprint density at radius 3 is 2.71 bits per heavy atom. The van der Waals surface area contributed by atoms with Crippen LogP contribution >= 0.6 is 11.6 Å². The van der Waals surface area contributed by atoms with Crippen molar-refractivity contribution in [2.45, 2.75) is 19.4 Å². The average molecular weight is 438 g/mol. The Kier molecular flexibility index (Phi) is 6.04. The maximum absolute atomic E-state index is 13.0. The van der Waals surface area contributed by atoms with Gasteiger partial charge in [-0.05, 0) is 42.0 Å². The lowest BCUT2D eigenvalue weighted by molar-refractivity contribution is -0.135. The van der Waals surface area contributed by atoms with Crippen molar-refractivity contribution in [2.24, 2.45) is 5.10 Å². The maximum Gasteiger partial charge on any atom is 0.281 e. The van der Waals surface area contributed by atoms with E-state index in [1.807, 2.05) is 18.2 Å². The van der Waals surface area contributed by atoms with Crippen LogP contribution in [0.1, 0.15) is 30.7 Å². The van der Waals surface area contributed by atoms with Crippen LogP contribution in [0.25, 0.3) is 0 Å². The number of halogens is 1. The van der Waals surface area contributed by atoms with Crippen LogP contribution in [0.5, 0.6) is 5.75 Å². The number of benzene rings is 2. The van der Waals surface area contributed by atoms with Gasteiger partial charge in [0.1, 0.15) is 17.6 Å². The number of amides is 2. The van der Waals surface area contributed by atoms with Gasteiger partial charge < -0.3 is 14.5 Å². The number of hydrogen-bond acceptors (Lipinski definition) is 5. The molecule has 7 nitrogen and oxygen atoms in total. The predicted octanol–water partition coefficient (Wildman–Crippen LogP) is 4.65. The lowest BCUT2D eigenvalue weighted by Crippen LogP contribution is -2.31. The van der Waals surface area contributed by atoms with Crippen molar-refractivity contribution in [2.75, 3.05) is 11.9 Å². The van der Waals surface area contributed by atoms with Crippen molar-refractivity contribution >= 4 is 34.8 Å². The minimum atomic E-state index is -0.359. The molecule has 8 heteroatoms. The molecule has 2 amide bonds. The molecule has 0 saturated heterocycles. The highest BCUT2D eigenvalue weighted by molar-refractivity contribution is 6.30. The van der Waals surface area contributed by atoms with Crippen molar-refractivity contribution in [3.05, 3.63) is 83.3 Å². The number of ether oxygens (including phenoxy) is 1. The SMILES string of the molecule is CC(=O)Nc1cccc(OCC(=O)N2N=C(c3ccc(Cl)cc3)C[C@H]2c2ccco2)c1. The third-order valence-electron chi connectivity index (χ3n) is 4.73. The van der Waals surface area contributed by atoms with Gasteiger partial charge in [-0.15, -0.1) is 0 Å². The molecule has 158 valence electrons. The fourth-order valence-corrected chi connectivity index (χ4v) is 3.46. The third-order valence-corrected chi connectivity index (χ3v) is 4.98. The zero-order chi connectivity index (χ0) is 21.8. The zero-order valence-corrected chi connectivity index (χ0v) is 17.5. The number of hydrogen-bond donors (Lipinski definition) is 1. The summed E-state index contributed by atoms with van der Waals surface area (Å²) < 4.78 is 11.2. The molecule has 2 aromatic carbocycles. The Morgan fingerprint density at radius 2 is 2.00 bits per heavy atom. The molecule has 0 bridgehead atoms. The molecule has 0 radical (unpaired) electrons. The van der Waals surface area contributed by atoms with Crippen molar-refractivity contribution in [1.29, 1.82) is 0 Å². The van der Waals surface area contributed by atoms with Crippen LogP contribution in [0.3, 0.4) is 0 Å². The molecule has 4 rings (SSSR count). The second kappa shape index (κ2) is 9.06. The van der Waals surface area contributed by atoms with Gasteiger partial charge in [0.2, 0.25) is 5.91 Å². The summed E-state index contributed by atoms with van der Waals surface area (Å²) in [6.07, 6.45) is 2.08. The minimum absolute atomic E-state index is 0.185. The van der Waals surface area contributed by atoms with Gasteiger partial charge in [-0.1, -0.05) is 29.8 Å². The van der Waals surface area contributed by atoms with E-state index in [4.69, 9.17) is 20.8 Å². The fraction of sp³-hybridized carbons (Fsp3) is 0.174. The molecule has 3 aromatic rings. The lowest BCUT2D eigenvalue weighted by Gasteiger charge is -2.20. The summed E-state index contributed by atoms with van der Waals surface area (Å²) in [6, 6.07) is 17.4. The highest BCUT2D eigenvalue weighted by atomic mass is 35.5. The molecule has 0 aliphatic carbocycles. The van der Waals surface area contributed by atoms with E-state index in [0.717, 1.165) is 11.3 Å². The zero-order valence-electron chi connectivity index (χ0n) is 16.7. The number of carbonyl (C=O) groups is 2. The first-order chi connectivity index (χ1) is 15.0. The Bertz CT molecular complexity index is 1110. The Balaban J connectivity index is 1.51. The van der Waals surface area contributed by atoms with Crippen molar-refractivity contribution in [3.63, 3.8) is 0 Å². The fourth-order valence-electron chi connectivity index (χ4n) is 3.34. The summed E-state index contributed by atoms with van der Waals surface area (Å²) in [6.45, 7) is 1.22. The standard InChI is InChI=1S/C23H20ClN3O4/c1-15(28)25-18-4-2-5-19(12-18)31-14-23(29)27-21(22-6-3-11-30-22)13-20(26-27)16-7-9-17(24)10-8-16/h2-12,21H,13-14H2,1H3,(H,25,28)/t21-/m0/s1. The van der Waals surface area contributed by atoms with E-state index in [-0.39, 0.29) is 24.5 Å². The van der Waals surface area contributed by atoms with E-state index in [1.165, 1.54) is 11.9 Å². The van der Waals surface area contributed by atoms with E-state index < -0.39 is 0 Å². The van der Waals surface area contributed by atoms with E-state index in [2.05, 4.69) is 10.4 Å². The predicted molar refractivity (Wildman–Crippen MR) is 117 cm³/mol. The van der Waals surface area contributed by atoms with E-state index in [1.54, 1.807) is 48.7 Å². The summed E-state index contributed by atoms with van der Waals surface area (Å²) in [5.74, 6) is 0.620. The molecule has 0 fully saturated rings. The number of rotatable bonds is 6. The first kappa shape index (κ1) is 20.7. The van der Waals surface area contributed by atoms with E-state index in [0.29, 0.717) is 28.6 Å². The van der Waals surface area contributed by atoms with Gasteiger partial charge >= 0.3 is 0 Å². The van der Waals surface area contributed by atoms with Gasteiger partial charge in [-0.25, -0.2) is 5.01 Å². The quantitative estimate of drug-likeness (QED) is 0.608. The molecule has 31 heavy (non-hydrogen) atoms. The third kappa shape index (κ3) is 4.95. The van der Waals surface area contributed by atoms with E-state index in [9.17, 15) is 9.59 Å². The molecule has 0 spiro atoms. The number of furan rings is 1. The summed E-state index contributed by atoms with van der Waals surface area (Å²) in [5.41, 5.74) is 2.24. The molecule has 0 unspecified atom stereocenters. The van der Waals surface area contributed by atoms with Crippen LogP contribution in [0.15, 0.2) is 76.4 Å². The van der Waals surface area contributed by atoms with Crippen molar-refractivity contribution in [1.82, 2.24) is 5.01 Å². The van der Waals surface area contributed by atoms with Crippen molar-refractivity contribution < 1.29 is 18.7 Å². The van der Waals surface area contributed by atoms with Crippen LogP contribution in [0.4, 0.5) is 5.69 Å². The largest absolute Gasteiger partial charge is 0.484 e. The number of hydrazone groups is 1. The summed E-state index contributed by atoms with van der Waals surface area (Å²) in [5, 5.41) is 9.27. The second-order valence-electron chi connectivity index (χ2n) is 7.02. The van der Waals surface area contributed by atoms with E-state index >= 15 is 0 Å². The molecule has 1 aliphatic heterocycles. The summed E-state index contributed by atoms with van der Waals surface area (Å²) >= 11 is 5.99. The second-order valence-corrected chi connectivity index (χ2v) is 7.46. The van der Waals surface area contributed by atoms with Crippen molar-refractivity contribution in [3.8, 4) is 5.75 Å².